The predicted molar refractivity (Wildman–Crippen MR) is 211 cm³/mol. The number of rotatable bonds is 11. The number of hydrogen-bond acceptors (Lipinski definition) is 6. The van der Waals surface area contributed by atoms with Crippen LogP contribution in [0.25, 0.3) is 33.6 Å². The summed E-state index contributed by atoms with van der Waals surface area (Å²) >= 11 is 1.46. The van der Waals surface area contributed by atoms with Crippen molar-refractivity contribution in [3.05, 3.63) is 118 Å². The first-order valence-corrected chi connectivity index (χ1v) is 19.7. The molecule has 2 fully saturated rings. The standard InChI is InChI=1S/C45H46FN3O4S/c1-45(2,3)41-20-19-40(54-41)39(50)23-34(43(51)49-26-36(27-49)44(52)53)21-28-9-11-32(12-10-28)42-47-24-35(25-48-42)37-18-17-33(22-38(37)46)31-15-13-30(14-16-31)29-7-5-4-6-8-29/h9-20,22,24-25,29,34,36H,4-8,21,23,26-27H2,1-3H3,(H,52,53)/t34-/m1/s1. The molecular formula is C45H46FN3O4S. The molecule has 1 N–H and O–H groups in total. The summed E-state index contributed by atoms with van der Waals surface area (Å²) < 4.78 is 15.4. The molecule has 1 saturated heterocycles. The first-order chi connectivity index (χ1) is 25.9. The van der Waals surface area contributed by atoms with E-state index in [-0.39, 0.29) is 42.4 Å². The number of halogens is 1. The second kappa shape index (κ2) is 15.8. The molecule has 5 aromatic rings. The summed E-state index contributed by atoms with van der Waals surface area (Å²) in [5.74, 6) is -1.65. The summed E-state index contributed by atoms with van der Waals surface area (Å²) in [6, 6.07) is 25.2. The van der Waals surface area contributed by atoms with Crippen molar-refractivity contribution in [2.45, 2.75) is 77.0 Å². The van der Waals surface area contributed by atoms with Gasteiger partial charge in [-0.1, -0.05) is 101 Å². The van der Waals surface area contributed by atoms with E-state index in [0.717, 1.165) is 27.1 Å². The Hall–Kier alpha value is -5.02. The number of carboxylic acids is 1. The molecule has 9 heteroatoms. The van der Waals surface area contributed by atoms with Crippen LogP contribution in [0.1, 0.15) is 90.9 Å². The fraction of sp³-hybridized carbons (Fsp3) is 0.356. The number of likely N-dealkylation sites (tertiary alicyclic amines) is 1. The second-order valence-electron chi connectivity index (χ2n) is 15.9. The van der Waals surface area contributed by atoms with Crippen LogP contribution in [-0.4, -0.2) is 50.7 Å². The summed E-state index contributed by atoms with van der Waals surface area (Å²) in [6.07, 6.45) is 10.0. The van der Waals surface area contributed by atoms with Gasteiger partial charge in [-0.25, -0.2) is 14.4 Å². The Labute approximate surface area is 320 Å². The molecule has 0 unspecified atom stereocenters. The lowest BCUT2D eigenvalue weighted by Crippen LogP contribution is -2.55. The highest BCUT2D eigenvalue weighted by Crippen LogP contribution is 2.35. The van der Waals surface area contributed by atoms with Crippen molar-refractivity contribution in [3.8, 4) is 33.6 Å². The third-order valence-electron chi connectivity index (χ3n) is 10.9. The van der Waals surface area contributed by atoms with Gasteiger partial charge in [0.2, 0.25) is 5.91 Å². The summed E-state index contributed by atoms with van der Waals surface area (Å²) in [5.41, 5.74) is 5.73. The Morgan fingerprint density at radius 3 is 2.09 bits per heavy atom. The molecule has 1 atom stereocenters. The van der Waals surface area contributed by atoms with Gasteiger partial charge in [0, 0.05) is 59.4 Å². The molecule has 1 saturated carbocycles. The van der Waals surface area contributed by atoms with Gasteiger partial charge in [0.15, 0.2) is 11.6 Å². The largest absolute Gasteiger partial charge is 0.481 e. The molecule has 1 aliphatic carbocycles. The topological polar surface area (TPSA) is 100 Å². The summed E-state index contributed by atoms with van der Waals surface area (Å²) in [7, 11) is 0. The van der Waals surface area contributed by atoms with Crippen LogP contribution in [0, 0.1) is 17.7 Å². The van der Waals surface area contributed by atoms with Crippen LogP contribution in [0.5, 0.6) is 0 Å². The SMILES string of the molecule is CC(C)(C)c1ccc(C(=O)C[C@@H](Cc2ccc(-c3ncc(-c4ccc(-c5ccc(C6CCCCC6)cc5)cc4F)cn3)cc2)C(=O)N2CC(C(=O)O)C2)s1. The summed E-state index contributed by atoms with van der Waals surface area (Å²) in [6.45, 7) is 6.60. The summed E-state index contributed by atoms with van der Waals surface area (Å²) in [4.78, 5) is 50.8. The van der Waals surface area contributed by atoms with Crippen molar-refractivity contribution < 1.29 is 23.9 Å². The fourth-order valence-corrected chi connectivity index (χ4v) is 8.55. The molecule has 278 valence electrons. The zero-order chi connectivity index (χ0) is 38.0. The first kappa shape index (κ1) is 37.3. The number of carbonyl (C=O) groups excluding carboxylic acids is 2. The van der Waals surface area contributed by atoms with E-state index in [2.05, 4.69) is 55.0 Å². The van der Waals surface area contributed by atoms with Gasteiger partial charge < -0.3 is 10.0 Å². The zero-order valence-corrected chi connectivity index (χ0v) is 31.9. The third-order valence-corrected chi connectivity index (χ3v) is 12.4. The van der Waals surface area contributed by atoms with E-state index in [0.29, 0.717) is 34.2 Å². The van der Waals surface area contributed by atoms with Crippen LogP contribution in [0.2, 0.25) is 0 Å². The number of hydrogen-bond donors (Lipinski definition) is 1. The third kappa shape index (κ3) is 8.36. The Balaban J connectivity index is 1.02. The van der Waals surface area contributed by atoms with Gasteiger partial charge in [-0.2, -0.15) is 0 Å². The summed E-state index contributed by atoms with van der Waals surface area (Å²) in [5, 5.41) is 9.35. The number of amides is 1. The van der Waals surface area contributed by atoms with Gasteiger partial charge in [0.25, 0.3) is 0 Å². The van der Waals surface area contributed by atoms with Crippen LogP contribution < -0.4 is 0 Å². The van der Waals surface area contributed by atoms with Crippen molar-refractivity contribution in [2.75, 3.05) is 13.1 Å². The number of Topliss-reactive ketones (excluding diaryl/α,β-unsaturated/α-hetero) is 1. The molecule has 0 spiro atoms. The first-order valence-electron chi connectivity index (χ1n) is 18.9. The number of thiophene rings is 1. The maximum atomic E-state index is 15.4. The van der Waals surface area contributed by atoms with E-state index in [1.807, 2.05) is 42.5 Å². The molecule has 3 aromatic carbocycles. The Morgan fingerprint density at radius 1 is 0.833 bits per heavy atom. The molecule has 3 heterocycles. The van der Waals surface area contributed by atoms with Crippen molar-refractivity contribution in [2.24, 2.45) is 11.8 Å². The van der Waals surface area contributed by atoms with Gasteiger partial charge in [-0.3, -0.25) is 14.4 Å². The Bertz CT molecular complexity index is 2130. The van der Waals surface area contributed by atoms with Crippen molar-refractivity contribution in [1.29, 1.82) is 0 Å². The van der Waals surface area contributed by atoms with Gasteiger partial charge in [-0.05, 0) is 71.0 Å². The van der Waals surface area contributed by atoms with Gasteiger partial charge in [0.1, 0.15) is 5.82 Å². The molecule has 7 rings (SSSR count). The van der Waals surface area contributed by atoms with Gasteiger partial charge >= 0.3 is 5.97 Å². The lowest BCUT2D eigenvalue weighted by molar-refractivity contribution is -0.154. The average Bonchev–Trinajstić information content (AvgIpc) is 3.67. The second-order valence-corrected chi connectivity index (χ2v) is 16.9. The van der Waals surface area contributed by atoms with Crippen molar-refractivity contribution >= 4 is 29.0 Å². The van der Waals surface area contributed by atoms with Gasteiger partial charge in [0.05, 0.1) is 10.8 Å². The molecule has 54 heavy (non-hydrogen) atoms. The molecule has 2 aliphatic rings. The maximum Gasteiger partial charge on any atom is 0.310 e. The lowest BCUT2D eigenvalue weighted by atomic mass is 9.83. The number of nitrogens with zero attached hydrogens (tertiary/aromatic N) is 3. The Morgan fingerprint density at radius 2 is 1.48 bits per heavy atom. The number of ketones is 1. The number of benzene rings is 3. The molecule has 0 bridgehead atoms. The number of carboxylic acid groups (broad SMARTS) is 1. The van der Waals surface area contributed by atoms with Crippen LogP contribution in [0.3, 0.4) is 0 Å². The minimum Gasteiger partial charge on any atom is -0.481 e. The van der Waals surface area contributed by atoms with Gasteiger partial charge in [-0.15, -0.1) is 11.3 Å². The van der Waals surface area contributed by atoms with E-state index < -0.39 is 17.8 Å². The van der Waals surface area contributed by atoms with Crippen LogP contribution >= 0.6 is 11.3 Å². The van der Waals surface area contributed by atoms with Crippen LogP contribution in [0.4, 0.5) is 4.39 Å². The molecular weight excluding hydrogens is 698 g/mol. The van der Waals surface area contributed by atoms with Crippen LogP contribution in [-0.2, 0) is 21.4 Å². The number of aromatic nitrogens is 2. The zero-order valence-electron chi connectivity index (χ0n) is 31.1. The maximum absolute atomic E-state index is 15.4. The van der Waals surface area contributed by atoms with Crippen LogP contribution in [0.15, 0.2) is 91.3 Å². The number of aliphatic carboxylic acids is 1. The van der Waals surface area contributed by atoms with Crippen molar-refractivity contribution in [1.82, 2.24) is 14.9 Å². The van der Waals surface area contributed by atoms with E-state index >= 15 is 4.39 Å². The molecule has 1 aliphatic heterocycles. The highest BCUT2D eigenvalue weighted by Gasteiger charge is 2.39. The Kier molecular flexibility index (Phi) is 10.9. The molecule has 2 aromatic heterocycles. The van der Waals surface area contributed by atoms with E-state index in [1.165, 1.54) is 49.0 Å². The fourth-order valence-electron chi connectivity index (χ4n) is 7.54. The normalized spacial score (nSPS) is 15.8. The monoisotopic (exact) mass is 743 g/mol. The highest BCUT2D eigenvalue weighted by molar-refractivity contribution is 7.14. The van der Waals surface area contributed by atoms with E-state index in [1.54, 1.807) is 29.4 Å². The quantitative estimate of drug-likeness (QED) is 0.135. The van der Waals surface area contributed by atoms with E-state index in [9.17, 15) is 19.5 Å². The minimum atomic E-state index is -0.917. The predicted octanol–water partition coefficient (Wildman–Crippen LogP) is 10.00. The average molecular weight is 744 g/mol. The lowest BCUT2D eigenvalue weighted by Gasteiger charge is -2.38. The molecule has 7 nitrogen and oxygen atoms in total. The smallest absolute Gasteiger partial charge is 0.310 e. The minimum absolute atomic E-state index is 0.0354. The van der Waals surface area contributed by atoms with Crippen molar-refractivity contribution in [3.63, 3.8) is 0 Å². The highest BCUT2D eigenvalue weighted by atomic mass is 32.1. The number of carbonyl (C=O) groups is 3. The molecule has 0 radical (unpaired) electrons. The molecule has 1 amide bonds. The van der Waals surface area contributed by atoms with E-state index in [4.69, 9.17) is 0 Å².